The predicted octanol–water partition coefficient (Wildman–Crippen LogP) is 4.09. The van der Waals surface area contributed by atoms with E-state index in [9.17, 15) is 8.42 Å². The van der Waals surface area contributed by atoms with Gasteiger partial charge in [0, 0.05) is 6.61 Å². The van der Waals surface area contributed by atoms with E-state index in [1.807, 2.05) is 0 Å². The molecule has 0 heterocycles. The van der Waals surface area contributed by atoms with E-state index in [1.54, 1.807) is 0 Å². The summed E-state index contributed by atoms with van der Waals surface area (Å²) in [5.41, 5.74) is 0. The van der Waals surface area contributed by atoms with Gasteiger partial charge in [0.2, 0.25) is 0 Å². The molecule has 1 unspecified atom stereocenters. The third-order valence-corrected chi connectivity index (χ3v) is 3.62. The second-order valence-electron chi connectivity index (χ2n) is 5.14. The zero-order valence-electron chi connectivity index (χ0n) is 12.8. The van der Waals surface area contributed by atoms with Crippen LogP contribution in [0, 0.1) is 0 Å². The monoisotopic (exact) mass is 310 g/mol. The van der Waals surface area contributed by atoms with Crippen molar-refractivity contribution in [3.63, 3.8) is 0 Å². The second kappa shape index (κ2) is 12.6. The fraction of sp³-hybridized carbons (Fsp3) is 1.00. The van der Waals surface area contributed by atoms with Gasteiger partial charge in [0.1, 0.15) is 0 Å². The predicted molar refractivity (Wildman–Crippen MR) is 79.9 cm³/mol. The maximum Gasteiger partial charge on any atom is 0.399 e. The van der Waals surface area contributed by atoms with Gasteiger partial charge in [-0.25, -0.2) is 4.18 Å². The summed E-state index contributed by atoms with van der Waals surface area (Å²) in [6.07, 6.45) is 11.4. The van der Waals surface area contributed by atoms with Gasteiger partial charge in [0.05, 0.1) is 0 Å². The summed E-state index contributed by atoms with van der Waals surface area (Å²) in [6, 6.07) is 0. The van der Waals surface area contributed by atoms with Crippen LogP contribution in [0.3, 0.4) is 0 Å². The van der Waals surface area contributed by atoms with Crippen molar-refractivity contribution in [2.24, 2.45) is 0 Å². The Hall–Kier alpha value is -0.170. The Morgan fingerprint density at radius 3 is 1.80 bits per heavy atom. The Labute approximate surface area is 124 Å². The molecule has 0 aromatic carbocycles. The number of unbranched alkanes of at least 4 members (excludes halogenated alkanes) is 9. The molecule has 0 amide bonds. The highest BCUT2D eigenvalue weighted by Gasteiger charge is 2.11. The van der Waals surface area contributed by atoms with Crippen LogP contribution in [0.4, 0.5) is 0 Å². The first-order chi connectivity index (χ1) is 9.45. The Kier molecular flexibility index (Phi) is 12.5. The lowest BCUT2D eigenvalue weighted by Gasteiger charge is -2.11. The summed E-state index contributed by atoms with van der Waals surface area (Å²) in [7, 11) is -4.41. The summed E-state index contributed by atoms with van der Waals surface area (Å²) in [6.45, 7) is 4.13. The van der Waals surface area contributed by atoms with Crippen molar-refractivity contribution in [2.75, 3.05) is 6.61 Å². The van der Waals surface area contributed by atoms with Gasteiger partial charge in [-0.3, -0.25) is 4.55 Å². The number of hydrogen-bond acceptors (Lipinski definition) is 4. The van der Waals surface area contributed by atoms with Crippen molar-refractivity contribution >= 4 is 10.4 Å². The smallest absolute Gasteiger partial charge is 0.352 e. The van der Waals surface area contributed by atoms with Crippen molar-refractivity contribution < 1.29 is 21.9 Å². The normalized spacial score (nSPS) is 13.6. The van der Waals surface area contributed by atoms with Crippen molar-refractivity contribution in [2.45, 2.75) is 84.3 Å². The SMILES string of the molecule is CCCCCCCCCCCCOC(C)OS(=O)(=O)O. The van der Waals surface area contributed by atoms with Crippen molar-refractivity contribution in [3.05, 3.63) is 0 Å². The molecule has 1 N–H and O–H groups in total. The Balaban J connectivity index is 3.20. The first kappa shape index (κ1) is 19.8. The number of ether oxygens (including phenoxy) is 1. The molecule has 5 nitrogen and oxygen atoms in total. The number of rotatable bonds is 14. The van der Waals surface area contributed by atoms with Crippen LogP contribution < -0.4 is 0 Å². The van der Waals surface area contributed by atoms with Crippen molar-refractivity contribution in [1.82, 2.24) is 0 Å². The van der Waals surface area contributed by atoms with Crippen LogP contribution >= 0.6 is 0 Å². The van der Waals surface area contributed by atoms with Crippen LogP contribution in [0.1, 0.15) is 78.1 Å². The van der Waals surface area contributed by atoms with E-state index >= 15 is 0 Å². The average molecular weight is 310 g/mol. The molecule has 0 aromatic rings. The lowest BCUT2D eigenvalue weighted by Crippen LogP contribution is -2.18. The molecule has 0 saturated carbocycles. The second-order valence-corrected chi connectivity index (χ2v) is 6.19. The molecule has 0 fully saturated rings. The quantitative estimate of drug-likeness (QED) is 0.297. The largest absolute Gasteiger partial charge is 0.399 e. The van der Waals surface area contributed by atoms with E-state index in [4.69, 9.17) is 9.29 Å². The molecule has 122 valence electrons. The highest BCUT2D eigenvalue weighted by atomic mass is 32.3. The fourth-order valence-corrected chi connectivity index (χ4v) is 2.44. The van der Waals surface area contributed by atoms with Gasteiger partial charge in [-0.1, -0.05) is 64.7 Å². The maximum absolute atomic E-state index is 10.4. The lowest BCUT2D eigenvalue weighted by atomic mass is 10.1. The van der Waals surface area contributed by atoms with E-state index in [2.05, 4.69) is 11.1 Å². The average Bonchev–Trinajstić information content (AvgIpc) is 2.34. The summed E-state index contributed by atoms with van der Waals surface area (Å²) in [5.74, 6) is 0. The van der Waals surface area contributed by atoms with Gasteiger partial charge in [0.25, 0.3) is 0 Å². The van der Waals surface area contributed by atoms with Gasteiger partial charge in [0.15, 0.2) is 6.29 Å². The van der Waals surface area contributed by atoms with Crippen LogP contribution in [0.5, 0.6) is 0 Å². The first-order valence-electron chi connectivity index (χ1n) is 7.73. The van der Waals surface area contributed by atoms with Gasteiger partial charge >= 0.3 is 10.4 Å². The lowest BCUT2D eigenvalue weighted by molar-refractivity contribution is -0.0689. The van der Waals surface area contributed by atoms with Crippen LogP contribution in [0.15, 0.2) is 0 Å². The molecule has 0 rings (SSSR count). The Morgan fingerprint density at radius 2 is 1.35 bits per heavy atom. The number of hydrogen-bond donors (Lipinski definition) is 1. The molecule has 0 bridgehead atoms. The molecule has 1 atom stereocenters. The van der Waals surface area contributed by atoms with E-state index in [1.165, 1.54) is 58.3 Å². The Morgan fingerprint density at radius 1 is 0.900 bits per heavy atom. The topological polar surface area (TPSA) is 72.8 Å². The molecule has 0 aliphatic carbocycles. The molecule has 0 aliphatic heterocycles. The highest BCUT2D eigenvalue weighted by molar-refractivity contribution is 7.80. The van der Waals surface area contributed by atoms with E-state index in [0.29, 0.717) is 6.61 Å². The zero-order chi connectivity index (χ0) is 15.3. The molecule has 20 heavy (non-hydrogen) atoms. The standard InChI is InChI=1S/C14H30O5S/c1-3-4-5-6-7-8-9-10-11-12-13-18-14(2)19-20(15,16)17/h14H,3-13H2,1-2H3,(H,15,16,17). The summed E-state index contributed by atoms with van der Waals surface area (Å²) < 4.78 is 38.6. The molecule has 0 saturated heterocycles. The van der Waals surface area contributed by atoms with Crippen molar-refractivity contribution in [3.8, 4) is 0 Å². The summed E-state index contributed by atoms with van der Waals surface area (Å²) in [4.78, 5) is 0. The Bertz CT molecular complexity index is 303. The third-order valence-electron chi connectivity index (χ3n) is 3.11. The fourth-order valence-electron chi connectivity index (χ4n) is 2.04. The van der Waals surface area contributed by atoms with E-state index < -0.39 is 16.7 Å². The van der Waals surface area contributed by atoms with Crippen LogP contribution in [-0.2, 0) is 19.3 Å². The molecule has 0 spiro atoms. The third kappa shape index (κ3) is 15.9. The van der Waals surface area contributed by atoms with Gasteiger partial charge < -0.3 is 4.74 Å². The minimum Gasteiger partial charge on any atom is -0.352 e. The van der Waals surface area contributed by atoms with Gasteiger partial charge in [-0.05, 0) is 13.3 Å². The molecular weight excluding hydrogens is 280 g/mol. The molecule has 6 heteroatoms. The minimum absolute atomic E-state index is 0.452. The zero-order valence-corrected chi connectivity index (χ0v) is 13.7. The molecule has 0 aromatic heterocycles. The van der Waals surface area contributed by atoms with Crippen LogP contribution in [0.25, 0.3) is 0 Å². The van der Waals surface area contributed by atoms with Gasteiger partial charge in [-0.2, -0.15) is 8.42 Å². The summed E-state index contributed by atoms with van der Waals surface area (Å²) >= 11 is 0. The van der Waals surface area contributed by atoms with E-state index in [0.717, 1.165) is 12.8 Å². The maximum atomic E-state index is 10.4. The van der Waals surface area contributed by atoms with E-state index in [-0.39, 0.29) is 0 Å². The summed E-state index contributed by atoms with van der Waals surface area (Å²) in [5, 5.41) is 0. The minimum atomic E-state index is -4.41. The highest BCUT2D eigenvalue weighted by Crippen LogP contribution is 2.10. The van der Waals surface area contributed by atoms with Gasteiger partial charge in [-0.15, -0.1) is 0 Å². The first-order valence-corrected chi connectivity index (χ1v) is 9.09. The molecule has 0 radical (unpaired) electrons. The molecule has 0 aliphatic rings. The van der Waals surface area contributed by atoms with Crippen LogP contribution in [-0.4, -0.2) is 25.9 Å². The van der Waals surface area contributed by atoms with Crippen LogP contribution in [0.2, 0.25) is 0 Å². The van der Waals surface area contributed by atoms with Crippen molar-refractivity contribution in [1.29, 1.82) is 0 Å². The molecular formula is C14H30O5S.